The summed E-state index contributed by atoms with van der Waals surface area (Å²) in [6.07, 6.45) is 6.29. The number of amides is 2. The first-order valence-corrected chi connectivity index (χ1v) is 10.5. The van der Waals surface area contributed by atoms with Crippen LogP contribution in [0.5, 0.6) is 0 Å². The van der Waals surface area contributed by atoms with E-state index in [0.29, 0.717) is 19.0 Å². The van der Waals surface area contributed by atoms with Crippen molar-refractivity contribution < 1.29 is 9.59 Å². The molecule has 2 N–H and O–H groups in total. The van der Waals surface area contributed by atoms with E-state index < -0.39 is 0 Å². The van der Waals surface area contributed by atoms with Gasteiger partial charge in [0.05, 0.1) is 5.41 Å². The van der Waals surface area contributed by atoms with Crippen LogP contribution in [0.1, 0.15) is 54.4 Å². The van der Waals surface area contributed by atoms with Gasteiger partial charge in [0.15, 0.2) is 0 Å². The van der Waals surface area contributed by atoms with E-state index in [2.05, 4.69) is 10.6 Å². The van der Waals surface area contributed by atoms with Gasteiger partial charge in [-0.15, -0.1) is 0 Å². The summed E-state index contributed by atoms with van der Waals surface area (Å²) in [6, 6.07) is 7.96. The van der Waals surface area contributed by atoms with Crippen molar-refractivity contribution >= 4 is 11.8 Å². The summed E-state index contributed by atoms with van der Waals surface area (Å²) in [4.78, 5) is 27.7. The van der Waals surface area contributed by atoms with Crippen molar-refractivity contribution in [3.63, 3.8) is 0 Å². The van der Waals surface area contributed by atoms with Gasteiger partial charge < -0.3 is 15.5 Å². The summed E-state index contributed by atoms with van der Waals surface area (Å²) >= 11 is 0. The molecule has 0 aromatic heterocycles. The summed E-state index contributed by atoms with van der Waals surface area (Å²) in [7, 11) is 0. The number of benzene rings is 1. The molecule has 1 aromatic carbocycles. The Labute approximate surface area is 161 Å². The fraction of sp³-hybridized carbons (Fsp3) is 0.636. The van der Waals surface area contributed by atoms with Crippen molar-refractivity contribution in [3.8, 4) is 0 Å². The number of fused-ring (bicyclic) bond motifs is 1. The van der Waals surface area contributed by atoms with Crippen LogP contribution in [-0.2, 0) is 4.79 Å². The third-order valence-corrected chi connectivity index (χ3v) is 6.91. The summed E-state index contributed by atoms with van der Waals surface area (Å²) < 4.78 is 0. The Hall–Kier alpha value is -1.88. The van der Waals surface area contributed by atoms with Crippen molar-refractivity contribution in [2.24, 2.45) is 11.3 Å². The zero-order valence-corrected chi connectivity index (χ0v) is 16.3. The summed E-state index contributed by atoms with van der Waals surface area (Å²) in [5, 5.41) is 6.79. The number of carbonyl (C=O) groups is 2. The molecule has 3 aliphatic rings. The largest absolute Gasteiger partial charge is 0.353 e. The van der Waals surface area contributed by atoms with E-state index in [4.69, 9.17) is 0 Å². The zero-order valence-electron chi connectivity index (χ0n) is 16.3. The van der Waals surface area contributed by atoms with Crippen LogP contribution in [0.3, 0.4) is 0 Å². The molecular formula is C22H31N3O2. The predicted octanol–water partition coefficient (Wildman–Crippen LogP) is 2.50. The number of carbonyl (C=O) groups excluding carboxylic acids is 2. The molecule has 2 aliphatic heterocycles. The molecule has 2 amide bonds. The van der Waals surface area contributed by atoms with Crippen LogP contribution in [-0.4, -0.2) is 48.9 Å². The van der Waals surface area contributed by atoms with Gasteiger partial charge in [-0.25, -0.2) is 0 Å². The lowest BCUT2D eigenvalue weighted by atomic mass is 9.67. The van der Waals surface area contributed by atoms with Gasteiger partial charge in [-0.05, 0) is 57.2 Å². The highest BCUT2D eigenvalue weighted by Gasteiger charge is 2.50. The molecule has 0 unspecified atom stereocenters. The Morgan fingerprint density at radius 3 is 2.59 bits per heavy atom. The number of nitrogens with one attached hydrogen (secondary N) is 2. The highest BCUT2D eigenvalue weighted by atomic mass is 16.2. The maximum Gasteiger partial charge on any atom is 0.253 e. The predicted molar refractivity (Wildman–Crippen MR) is 106 cm³/mol. The fourth-order valence-electron chi connectivity index (χ4n) is 5.13. The Bertz CT molecular complexity index is 694. The van der Waals surface area contributed by atoms with Crippen LogP contribution in [0.4, 0.5) is 0 Å². The van der Waals surface area contributed by atoms with Gasteiger partial charge in [-0.2, -0.15) is 0 Å². The summed E-state index contributed by atoms with van der Waals surface area (Å²) in [6.45, 7) is 5.27. The number of likely N-dealkylation sites (tertiary alicyclic amines) is 1. The minimum Gasteiger partial charge on any atom is -0.353 e. The summed E-state index contributed by atoms with van der Waals surface area (Å²) in [5.74, 6) is 0.848. The third kappa shape index (κ3) is 3.62. The average Bonchev–Trinajstić information content (AvgIpc) is 3.14. The van der Waals surface area contributed by atoms with Gasteiger partial charge in [0, 0.05) is 31.2 Å². The SMILES string of the molecule is Cc1ccc(C(=O)N2CCC(NC(=O)[C@@]34CCCC[C@H]3CNC4)CC2)cc1. The van der Waals surface area contributed by atoms with Gasteiger partial charge >= 0.3 is 0 Å². The molecule has 2 atom stereocenters. The Kier molecular flexibility index (Phi) is 5.22. The lowest BCUT2D eigenvalue weighted by Gasteiger charge is -2.39. The van der Waals surface area contributed by atoms with Crippen LogP contribution in [0.15, 0.2) is 24.3 Å². The molecule has 0 bridgehead atoms. The molecule has 5 nitrogen and oxygen atoms in total. The molecule has 0 radical (unpaired) electrons. The minimum absolute atomic E-state index is 0.103. The quantitative estimate of drug-likeness (QED) is 0.861. The van der Waals surface area contributed by atoms with E-state index in [9.17, 15) is 9.59 Å². The molecule has 0 spiro atoms. The van der Waals surface area contributed by atoms with E-state index in [0.717, 1.165) is 49.9 Å². The zero-order chi connectivity index (χ0) is 18.9. The van der Waals surface area contributed by atoms with Gasteiger partial charge in [0.2, 0.25) is 5.91 Å². The highest BCUT2D eigenvalue weighted by Crippen LogP contribution is 2.44. The molecule has 1 saturated carbocycles. The van der Waals surface area contributed by atoms with Crippen molar-refractivity contribution in [1.29, 1.82) is 0 Å². The maximum atomic E-state index is 13.1. The second kappa shape index (κ2) is 7.63. The number of nitrogens with zero attached hydrogens (tertiary/aromatic N) is 1. The normalized spacial score (nSPS) is 28.6. The monoisotopic (exact) mass is 369 g/mol. The molecule has 3 fully saturated rings. The molecule has 1 aromatic rings. The summed E-state index contributed by atoms with van der Waals surface area (Å²) in [5.41, 5.74) is 1.73. The van der Waals surface area contributed by atoms with Crippen molar-refractivity contribution in [3.05, 3.63) is 35.4 Å². The Morgan fingerprint density at radius 2 is 1.85 bits per heavy atom. The second-order valence-corrected chi connectivity index (χ2v) is 8.64. The lowest BCUT2D eigenvalue weighted by Crippen LogP contribution is -2.53. The molecule has 5 heteroatoms. The third-order valence-electron chi connectivity index (χ3n) is 6.91. The molecule has 2 heterocycles. The van der Waals surface area contributed by atoms with Crippen LogP contribution in [0.2, 0.25) is 0 Å². The molecule has 4 rings (SSSR count). The van der Waals surface area contributed by atoms with Crippen LogP contribution < -0.4 is 10.6 Å². The Balaban J connectivity index is 1.32. The average molecular weight is 370 g/mol. The van der Waals surface area contributed by atoms with E-state index >= 15 is 0 Å². The van der Waals surface area contributed by atoms with Crippen LogP contribution in [0, 0.1) is 18.3 Å². The lowest BCUT2D eigenvalue weighted by molar-refractivity contribution is -0.135. The van der Waals surface area contributed by atoms with Crippen LogP contribution >= 0.6 is 0 Å². The first-order chi connectivity index (χ1) is 13.1. The fourth-order valence-corrected chi connectivity index (χ4v) is 5.13. The second-order valence-electron chi connectivity index (χ2n) is 8.64. The van der Waals surface area contributed by atoms with Gasteiger partial charge in [0.1, 0.15) is 0 Å². The van der Waals surface area contributed by atoms with Crippen molar-refractivity contribution in [1.82, 2.24) is 15.5 Å². The standard InChI is InChI=1S/C22H31N3O2/c1-16-5-7-17(8-6-16)20(26)25-12-9-19(10-13-25)24-21(27)22-11-3-2-4-18(22)14-23-15-22/h5-8,18-19,23H,2-4,9-15H2,1H3,(H,24,27)/t18-,22+/m0/s1. The maximum absolute atomic E-state index is 13.1. The first kappa shape index (κ1) is 18.5. The van der Waals surface area contributed by atoms with E-state index in [1.165, 1.54) is 12.8 Å². The molecule has 2 saturated heterocycles. The number of rotatable bonds is 3. The van der Waals surface area contributed by atoms with Gasteiger partial charge in [-0.1, -0.05) is 30.5 Å². The van der Waals surface area contributed by atoms with E-state index in [-0.39, 0.29) is 23.3 Å². The van der Waals surface area contributed by atoms with Crippen molar-refractivity contribution in [2.45, 2.75) is 51.5 Å². The van der Waals surface area contributed by atoms with E-state index in [1.807, 2.05) is 36.1 Å². The molecule has 1 aliphatic carbocycles. The van der Waals surface area contributed by atoms with Crippen LogP contribution in [0.25, 0.3) is 0 Å². The van der Waals surface area contributed by atoms with E-state index in [1.54, 1.807) is 0 Å². The Morgan fingerprint density at radius 1 is 1.11 bits per heavy atom. The molecular weight excluding hydrogens is 338 g/mol. The van der Waals surface area contributed by atoms with Gasteiger partial charge in [0.25, 0.3) is 5.91 Å². The number of piperidine rings is 1. The molecule has 146 valence electrons. The number of hydrogen-bond acceptors (Lipinski definition) is 3. The number of hydrogen-bond donors (Lipinski definition) is 2. The highest BCUT2D eigenvalue weighted by molar-refractivity contribution is 5.94. The number of aryl methyl sites for hydroxylation is 1. The molecule has 27 heavy (non-hydrogen) atoms. The smallest absolute Gasteiger partial charge is 0.253 e. The first-order valence-electron chi connectivity index (χ1n) is 10.5. The topological polar surface area (TPSA) is 61.4 Å². The van der Waals surface area contributed by atoms with Gasteiger partial charge in [-0.3, -0.25) is 9.59 Å². The van der Waals surface area contributed by atoms with Crippen molar-refractivity contribution in [2.75, 3.05) is 26.2 Å². The minimum atomic E-state index is -0.187.